The Morgan fingerprint density at radius 3 is 2.38 bits per heavy atom. The van der Waals surface area contributed by atoms with Crippen molar-refractivity contribution in [1.29, 1.82) is 0 Å². The first-order chi connectivity index (χ1) is 10.2. The van der Waals surface area contributed by atoms with Gasteiger partial charge in [0.25, 0.3) is 0 Å². The molecule has 0 spiro atoms. The first-order valence-electron chi connectivity index (χ1n) is 7.42. The van der Waals surface area contributed by atoms with Gasteiger partial charge in [0.2, 0.25) is 0 Å². The van der Waals surface area contributed by atoms with Crippen LogP contribution in [0.25, 0.3) is 0 Å². The number of methoxy groups -OCH3 is 1. The summed E-state index contributed by atoms with van der Waals surface area (Å²) in [6, 6.07) is 16.0. The Hall–Kier alpha value is -2.09. The van der Waals surface area contributed by atoms with Gasteiger partial charge in [0, 0.05) is 0 Å². The van der Waals surface area contributed by atoms with Crippen LogP contribution in [0.4, 0.5) is 0 Å². The Morgan fingerprint density at radius 1 is 1.10 bits per heavy atom. The minimum Gasteiger partial charge on any atom is -0.496 e. The summed E-state index contributed by atoms with van der Waals surface area (Å²) in [7, 11) is 1.62. The summed E-state index contributed by atoms with van der Waals surface area (Å²) < 4.78 is 5.40. The molecule has 0 aliphatic heterocycles. The van der Waals surface area contributed by atoms with E-state index in [0.717, 1.165) is 30.4 Å². The molecule has 1 aliphatic carbocycles. The molecular weight excluding hydrogens is 260 g/mol. The average molecular weight is 280 g/mol. The van der Waals surface area contributed by atoms with Crippen LogP contribution in [0, 0.1) is 6.92 Å². The molecule has 1 fully saturated rings. The van der Waals surface area contributed by atoms with E-state index in [1.165, 1.54) is 0 Å². The van der Waals surface area contributed by atoms with Gasteiger partial charge >= 0.3 is 0 Å². The topological polar surface area (TPSA) is 26.3 Å². The monoisotopic (exact) mass is 280 g/mol. The quantitative estimate of drug-likeness (QED) is 0.780. The van der Waals surface area contributed by atoms with Crippen molar-refractivity contribution in [2.45, 2.75) is 31.6 Å². The Morgan fingerprint density at radius 2 is 1.81 bits per heavy atom. The van der Waals surface area contributed by atoms with Crippen LogP contribution in [0.15, 0.2) is 48.5 Å². The number of Topliss-reactive ketones (excluding diaryl/α,β-unsaturated/α-hetero) is 1. The zero-order valence-corrected chi connectivity index (χ0v) is 12.6. The van der Waals surface area contributed by atoms with E-state index < -0.39 is 0 Å². The van der Waals surface area contributed by atoms with Gasteiger partial charge in [-0.1, -0.05) is 48.4 Å². The summed E-state index contributed by atoms with van der Waals surface area (Å²) in [5.41, 5.74) is 2.56. The van der Waals surface area contributed by atoms with Crippen LogP contribution < -0.4 is 4.74 Å². The van der Waals surface area contributed by atoms with Crippen molar-refractivity contribution in [2.24, 2.45) is 0 Å². The number of ketones is 1. The van der Waals surface area contributed by atoms with Crippen molar-refractivity contribution in [3.63, 3.8) is 0 Å². The first kappa shape index (κ1) is 13.9. The molecule has 1 saturated carbocycles. The molecule has 2 nitrogen and oxygen atoms in total. The molecule has 2 heteroatoms. The molecule has 0 radical (unpaired) electrons. The highest BCUT2D eigenvalue weighted by molar-refractivity contribution is 6.06. The van der Waals surface area contributed by atoms with Crippen molar-refractivity contribution < 1.29 is 9.53 Å². The summed E-state index contributed by atoms with van der Waals surface area (Å²) in [5.74, 6) is 0.869. The fraction of sp³-hybridized carbons (Fsp3) is 0.316. The molecule has 0 heterocycles. The van der Waals surface area contributed by atoms with E-state index >= 15 is 0 Å². The summed E-state index contributed by atoms with van der Waals surface area (Å²) >= 11 is 0. The van der Waals surface area contributed by atoms with Crippen LogP contribution in [0.3, 0.4) is 0 Å². The molecule has 0 bridgehead atoms. The van der Waals surface area contributed by atoms with Gasteiger partial charge in [-0.2, -0.15) is 0 Å². The van der Waals surface area contributed by atoms with Gasteiger partial charge in [-0.25, -0.2) is 0 Å². The minimum absolute atomic E-state index is 0.195. The molecule has 2 aromatic rings. The minimum atomic E-state index is -0.359. The molecule has 0 saturated heterocycles. The number of carbonyl (C=O) groups is 1. The van der Waals surface area contributed by atoms with E-state index in [-0.39, 0.29) is 11.2 Å². The molecule has 108 valence electrons. The summed E-state index contributed by atoms with van der Waals surface area (Å²) in [6.45, 7) is 2.01. The lowest BCUT2D eigenvalue weighted by Crippen LogP contribution is -2.42. The van der Waals surface area contributed by atoms with Crippen LogP contribution in [-0.2, 0) is 5.41 Å². The summed E-state index contributed by atoms with van der Waals surface area (Å²) in [5, 5.41) is 0. The molecule has 0 atom stereocenters. The normalized spacial score (nSPS) is 16.1. The maximum atomic E-state index is 13.2. The third kappa shape index (κ3) is 2.25. The summed E-state index contributed by atoms with van der Waals surface area (Å²) in [4.78, 5) is 13.2. The van der Waals surface area contributed by atoms with Crippen molar-refractivity contribution in [1.82, 2.24) is 0 Å². The predicted molar refractivity (Wildman–Crippen MR) is 84.0 cm³/mol. The van der Waals surface area contributed by atoms with Gasteiger partial charge in [0.05, 0.1) is 18.1 Å². The lowest BCUT2D eigenvalue weighted by Gasteiger charge is -2.41. The van der Waals surface area contributed by atoms with Gasteiger partial charge in [-0.05, 0) is 37.5 Å². The zero-order valence-electron chi connectivity index (χ0n) is 12.6. The highest BCUT2D eigenvalue weighted by atomic mass is 16.5. The van der Waals surface area contributed by atoms with Crippen LogP contribution in [0.5, 0.6) is 5.75 Å². The van der Waals surface area contributed by atoms with E-state index in [2.05, 4.69) is 12.1 Å². The van der Waals surface area contributed by atoms with Crippen LogP contribution in [0.2, 0.25) is 0 Å². The maximum absolute atomic E-state index is 13.2. The molecule has 0 aromatic heterocycles. The van der Waals surface area contributed by atoms with E-state index in [9.17, 15) is 4.79 Å². The van der Waals surface area contributed by atoms with Gasteiger partial charge in [-0.3, -0.25) is 4.79 Å². The zero-order chi connectivity index (χ0) is 14.9. The van der Waals surface area contributed by atoms with E-state index in [4.69, 9.17) is 4.74 Å². The van der Waals surface area contributed by atoms with Crippen LogP contribution in [-0.4, -0.2) is 12.9 Å². The number of ether oxygens (including phenoxy) is 1. The number of hydrogen-bond acceptors (Lipinski definition) is 2. The average Bonchev–Trinajstić information content (AvgIpc) is 2.47. The Bertz CT molecular complexity index is 655. The molecule has 1 aliphatic rings. The fourth-order valence-corrected chi connectivity index (χ4v) is 3.19. The molecule has 0 N–H and O–H groups in total. The molecule has 0 unspecified atom stereocenters. The van der Waals surface area contributed by atoms with Crippen LogP contribution in [0.1, 0.15) is 40.7 Å². The number of rotatable bonds is 4. The van der Waals surface area contributed by atoms with E-state index in [1.54, 1.807) is 7.11 Å². The SMILES string of the molecule is COc1ccc(C)cc1C(=O)C1(c2ccccc2)CCC1. The van der Waals surface area contributed by atoms with Gasteiger partial charge in [0.15, 0.2) is 5.78 Å². The van der Waals surface area contributed by atoms with Crippen molar-refractivity contribution in [3.05, 3.63) is 65.2 Å². The molecule has 21 heavy (non-hydrogen) atoms. The third-order valence-corrected chi connectivity index (χ3v) is 4.57. The lowest BCUT2D eigenvalue weighted by molar-refractivity contribution is 0.0785. The molecule has 0 amide bonds. The largest absolute Gasteiger partial charge is 0.496 e. The molecule has 3 rings (SSSR count). The first-order valence-corrected chi connectivity index (χ1v) is 7.42. The maximum Gasteiger partial charge on any atom is 0.177 e. The molecular formula is C19H20O2. The van der Waals surface area contributed by atoms with Crippen molar-refractivity contribution in [3.8, 4) is 5.75 Å². The number of hydrogen-bond donors (Lipinski definition) is 0. The number of benzene rings is 2. The Kier molecular flexibility index (Phi) is 3.54. The third-order valence-electron chi connectivity index (χ3n) is 4.57. The summed E-state index contributed by atoms with van der Waals surface area (Å²) in [6.07, 6.45) is 2.95. The van der Waals surface area contributed by atoms with Gasteiger partial charge in [0.1, 0.15) is 5.75 Å². The number of aryl methyl sites for hydroxylation is 1. The Balaban J connectivity index is 2.07. The fourth-order valence-electron chi connectivity index (χ4n) is 3.19. The smallest absolute Gasteiger partial charge is 0.177 e. The second kappa shape index (κ2) is 5.36. The number of carbonyl (C=O) groups excluding carboxylic acids is 1. The highest BCUT2D eigenvalue weighted by Gasteiger charge is 2.46. The van der Waals surface area contributed by atoms with Crippen LogP contribution >= 0.6 is 0 Å². The predicted octanol–water partition coefficient (Wildman–Crippen LogP) is 4.31. The van der Waals surface area contributed by atoms with E-state index in [0.29, 0.717) is 11.3 Å². The van der Waals surface area contributed by atoms with E-state index in [1.807, 2.05) is 43.3 Å². The van der Waals surface area contributed by atoms with Gasteiger partial charge < -0.3 is 4.74 Å². The van der Waals surface area contributed by atoms with Crippen molar-refractivity contribution >= 4 is 5.78 Å². The Labute approximate surface area is 125 Å². The van der Waals surface area contributed by atoms with Crippen molar-refractivity contribution in [2.75, 3.05) is 7.11 Å². The lowest BCUT2D eigenvalue weighted by atomic mass is 9.60. The van der Waals surface area contributed by atoms with Gasteiger partial charge in [-0.15, -0.1) is 0 Å². The second-order valence-corrected chi connectivity index (χ2v) is 5.83. The second-order valence-electron chi connectivity index (χ2n) is 5.83. The molecule has 2 aromatic carbocycles. The standard InChI is InChI=1S/C19H20O2/c1-14-9-10-17(21-2)16(13-14)18(20)19(11-6-12-19)15-7-4-3-5-8-15/h3-5,7-10,13H,6,11-12H2,1-2H3. The highest BCUT2D eigenvalue weighted by Crippen LogP contribution is 2.47.